The Balaban J connectivity index is 2.22. The van der Waals surface area contributed by atoms with Gasteiger partial charge in [-0.1, -0.05) is 24.4 Å². The molecule has 2 rings (SSSR count). The summed E-state index contributed by atoms with van der Waals surface area (Å²) in [5.41, 5.74) is 0.152. The number of carbonyl (C=O) groups excluding carboxylic acids is 1. The van der Waals surface area contributed by atoms with E-state index in [2.05, 4.69) is 5.32 Å². The second-order valence-corrected chi connectivity index (χ2v) is 5.50. The van der Waals surface area contributed by atoms with Crippen molar-refractivity contribution in [1.82, 2.24) is 5.32 Å². The molecule has 0 unspecified atom stereocenters. The molecule has 0 radical (unpaired) electrons. The molecule has 1 aliphatic carbocycles. The normalized spacial score (nSPS) is 17.2. The first kappa shape index (κ1) is 13.9. The first-order valence-corrected chi connectivity index (χ1v) is 6.64. The molecule has 0 aromatic heterocycles. The zero-order chi connectivity index (χ0) is 14.0. The summed E-state index contributed by atoms with van der Waals surface area (Å²) in [5.74, 6) is -1.34. The third-order valence-corrected chi connectivity index (χ3v) is 3.74. The van der Waals surface area contributed by atoms with Crippen molar-refractivity contribution in [2.75, 3.05) is 0 Å². The first-order valence-electron chi connectivity index (χ1n) is 6.26. The summed E-state index contributed by atoms with van der Waals surface area (Å²) in [5, 5.41) is 12.5. The maximum Gasteiger partial charge on any atom is 0.329 e. The highest BCUT2D eigenvalue weighted by atomic mass is 35.5. The van der Waals surface area contributed by atoms with Crippen LogP contribution in [0.25, 0.3) is 0 Å². The monoisotopic (exact) mass is 281 g/mol. The van der Waals surface area contributed by atoms with Crippen molar-refractivity contribution in [3.63, 3.8) is 0 Å². The quantitative estimate of drug-likeness (QED) is 0.895. The van der Waals surface area contributed by atoms with E-state index in [1.165, 1.54) is 0 Å². The van der Waals surface area contributed by atoms with Gasteiger partial charge in [-0.2, -0.15) is 0 Å². The zero-order valence-corrected chi connectivity index (χ0v) is 11.5. The van der Waals surface area contributed by atoms with Crippen LogP contribution in [-0.4, -0.2) is 22.5 Å². The van der Waals surface area contributed by atoms with E-state index in [4.69, 9.17) is 11.6 Å². The van der Waals surface area contributed by atoms with Gasteiger partial charge in [0, 0.05) is 10.6 Å². The number of amides is 1. The summed E-state index contributed by atoms with van der Waals surface area (Å²) in [6.45, 7) is 1.84. The standard InChI is InChI=1S/C14H16ClNO3/c1-9-6-10(8-11(15)7-9)12(17)16-14(13(18)19)4-2-3-5-14/h6-8H,2-5H2,1H3,(H,16,17)(H,18,19). The predicted molar refractivity (Wildman–Crippen MR) is 72.5 cm³/mol. The van der Waals surface area contributed by atoms with E-state index in [1.807, 2.05) is 6.92 Å². The maximum atomic E-state index is 12.2. The van der Waals surface area contributed by atoms with Gasteiger partial charge in [-0.3, -0.25) is 4.79 Å². The second kappa shape index (κ2) is 5.21. The van der Waals surface area contributed by atoms with Crippen LogP contribution in [-0.2, 0) is 4.79 Å². The molecule has 1 aliphatic rings. The highest BCUT2D eigenvalue weighted by Crippen LogP contribution is 2.30. The molecule has 0 heterocycles. The van der Waals surface area contributed by atoms with E-state index >= 15 is 0 Å². The van der Waals surface area contributed by atoms with Gasteiger partial charge < -0.3 is 10.4 Å². The number of nitrogens with one attached hydrogen (secondary N) is 1. The molecule has 1 saturated carbocycles. The van der Waals surface area contributed by atoms with Gasteiger partial charge in [0.15, 0.2) is 0 Å². The maximum absolute atomic E-state index is 12.2. The lowest BCUT2D eigenvalue weighted by Crippen LogP contribution is -2.52. The van der Waals surface area contributed by atoms with Gasteiger partial charge in [0.1, 0.15) is 5.54 Å². The van der Waals surface area contributed by atoms with Crippen LogP contribution < -0.4 is 5.32 Å². The van der Waals surface area contributed by atoms with E-state index < -0.39 is 11.5 Å². The van der Waals surface area contributed by atoms with Crippen LogP contribution in [0, 0.1) is 6.92 Å². The fourth-order valence-electron chi connectivity index (χ4n) is 2.53. The topological polar surface area (TPSA) is 66.4 Å². The Kier molecular flexibility index (Phi) is 3.80. The average molecular weight is 282 g/mol. The number of hydrogen-bond acceptors (Lipinski definition) is 2. The number of aliphatic carboxylic acids is 1. The Morgan fingerprint density at radius 2 is 1.89 bits per heavy atom. The Bertz CT molecular complexity index is 501. The van der Waals surface area contributed by atoms with Gasteiger partial charge >= 0.3 is 5.97 Å². The molecule has 1 fully saturated rings. The molecule has 2 N–H and O–H groups in total. The van der Waals surface area contributed by atoms with Crippen LogP contribution in [0.4, 0.5) is 0 Å². The molecule has 4 nitrogen and oxygen atoms in total. The van der Waals surface area contributed by atoms with Crippen molar-refractivity contribution >= 4 is 23.5 Å². The van der Waals surface area contributed by atoms with Crippen molar-refractivity contribution in [3.05, 3.63) is 34.3 Å². The molecule has 0 spiro atoms. The minimum atomic E-state index is -1.12. The third-order valence-electron chi connectivity index (χ3n) is 3.52. The van der Waals surface area contributed by atoms with E-state index in [-0.39, 0.29) is 5.91 Å². The minimum Gasteiger partial charge on any atom is -0.480 e. The number of carbonyl (C=O) groups is 2. The predicted octanol–water partition coefficient (Wildman–Crippen LogP) is 2.78. The van der Waals surface area contributed by atoms with Gasteiger partial charge in [-0.25, -0.2) is 4.79 Å². The van der Waals surface area contributed by atoms with E-state index in [0.717, 1.165) is 18.4 Å². The summed E-state index contributed by atoms with van der Waals surface area (Å²) >= 11 is 5.91. The molecule has 1 aromatic rings. The van der Waals surface area contributed by atoms with Gasteiger partial charge in [-0.15, -0.1) is 0 Å². The zero-order valence-electron chi connectivity index (χ0n) is 10.7. The number of hydrogen-bond donors (Lipinski definition) is 2. The van der Waals surface area contributed by atoms with Crippen LogP contribution >= 0.6 is 11.6 Å². The molecule has 0 bridgehead atoms. The number of rotatable bonds is 3. The molecule has 1 amide bonds. The number of benzene rings is 1. The summed E-state index contributed by atoms with van der Waals surface area (Å²) in [4.78, 5) is 23.6. The molecule has 0 saturated heterocycles. The number of carboxylic acids is 1. The average Bonchev–Trinajstić information content (AvgIpc) is 2.77. The molecule has 5 heteroatoms. The van der Waals surface area contributed by atoms with Crippen molar-refractivity contribution in [2.24, 2.45) is 0 Å². The largest absolute Gasteiger partial charge is 0.480 e. The Hall–Kier alpha value is -1.55. The first-order chi connectivity index (χ1) is 8.93. The highest BCUT2D eigenvalue weighted by Gasteiger charge is 2.42. The van der Waals surface area contributed by atoms with Crippen molar-refractivity contribution in [2.45, 2.75) is 38.1 Å². The Morgan fingerprint density at radius 1 is 1.26 bits per heavy atom. The van der Waals surface area contributed by atoms with Gasteiger partial charge in [-0.05, 0) is 43.5 Å². The lowest BCUT2D eigenvalue weighted by molar-refractivity contribution is -0.144. The Labute approximate surface area is 116 Å². The van der Waals surface area contributed by atoms with Gasteiger partial charge in [0.2, 0.25) is 0 Å². The fourth-order valence-corrected chi connectivity index (χ4v) is 2.82. The lowest BCUT2D eigenvalue weighted by atomic mass is 9.97. The fraction of sp³-hybridized carbons (Fsp3) is 0.429. The van der Waals surface area contributed by atoms with Crippen molar-refractivity contribution in [1.29, 1.82) is 0 Å². The van der Waals surface area contributed by atoms with Crippen LogP contribution in [0.15, 0.2) is 18.2 Å². The summed E-state index contributed by atoms with van der Waals surface area (Å²) < 4.78 is 0. The minimum absolute atomic E-state index is 0.380. The van der Waals surface area contributed by atoms with Crippen molar-refractivity contribution in [3.8, 4) is 0 Å². The SMILES string of the molecule is Cc1cc(Cl)cc(C(=O)NC2(C(=O)O)CCCC2)c1. The number of halogens is 1. The smallest absolute Gasteiger partial charge is 0.329 e. The molecule has 0 atom stereocenters. The molecule has 102 valence electrons. The van der Waals surface area contributed by atoms with Crippen LogP contribution in [0.3, 0.4) is 0 Å². The highest BCUT2D eigenvalue weighted by molar-refractivity contribution is 6.31. The van der Waals surface area contributed by atoms with Crippen LogP contribution in [0.2, 0.25) is 5.02 Å². The number of carboxylic acid groups (broad SMARTS) is 1. The van der Waals surface area contributed by atoms with E-state index in [0.29, 0.717) is 23.4 Å². The summed E-state index contributed by atoms with van der Waals surface area (Å²) in [6, 6.07) is 5.00. The molecule has 1 aromatic carbocycles. The Morgan fingerprint density at radius 3 is 2.42 bits per heavy atom. The third kappa shape index (κ3) is 2.89. The summed E-state index contributed by atoms with van der Waals surface area (Å²) in [7, 11) is 0. The molecular weight excluding hydrogens is 266 g/mol. The van der Waals surface area contributed by atoms with E-state index in [1.54, 1.807) is 18.2 Å². The van der Waals surface area contributed by atoms with Crippen LogP contribution in [0.5, 0.6) is 0 Å². The second-order valence-electron chi connectivity index (χ2n) is 5.07. The summed E-state index contributed by atoms with van der Waals surface area (Å²) in [6.07, 6.45) is 2.60. The van der Waals surface area contributed by atoms with Gasteiger partial charge in [0.05, 0.1) is 0 Å². The van der Waals surface area contributed by atoms with Crippen LogP contribution in [0.1, 0.15) is 41.6 Å². The molecule has 19 heavy (non-hydrogen) atoms. The molecular formula is C14H16ClNO3. The lowest BCUT2D eigenvalue weighted by Gasteiger charge is -2.25. The van der Waals surface area contributed by atoms with Crippen molar-refractivity contribution < 1.29 is 14.7 Å². The number of aryl methyl sites for hydroxylation is 1. The molecule has 0 aliphatic heterocycles. The van der Waals surface area contributed by atoms with Gasteiger partial charge in [0.25, 0.3) is 5.91 Å². The van der Waals surface area contributed by atoms with E-state index in [9.17, 15) is 14.7 Å².